The SMILES string of the molecule is Cc1nn(-c2ccccc2)cc1C(=O)N1CCC(C(=O)O)(c2ccccc2)CC1. The third kappa shape index (κ3) is 3.42. The number of amides is 1. The molecule has 0 unspecified atom stereocenters. The Kier molecular flexibility index (Phi) is 4.92. The molecule has 1 aliphatic heterocycles. The molecule has 3 aromatic rings. The zero-order valence-electron chi connectivity index (χ0n) is 16.3. The van der Waals surface area contributed by atoms with Crippen LogP contribution in [0.1, 0.15) is 34.5 Å². The number of aromatic nitrogens is 2. The maximum atomic E-state index is 13.1. The van der Waals surface area contributed by atoms with Gasteiger partial charge in [0.05, 0.1) is 22.4 Å². The van der Waals surface area contributed by atoms with Crippen LogP contribution < -0.4 is 0 Å². The van der Waals surface area contributed by atoms with Crippen LogP contribution in [0, 0.1) is 6.92 Å². The highest BCUT2D eigenvalue weighted by atomic mass is 16.4. The number of rotatable bonds is 4. The molecule has 1 amide bonds. The van der Waals surface area contributed by atoms with Crippen molar-refractivity contribution >= 4 is 11.9 Å². The lowest BCUT2D eigenvalue weighted by Crippen LogP contribution is -2.49. The highest BCUT2D eigenvalue weighted by Crippen LogP contribution is 2.36. The second-order valence-electron chi connectivity index (χ2n) is 7.45. The van der Waals surface area contributed by atoms with Crippen molar-refractivity contribution in [1.29, 1.82) is 0 Å². The highest BCUT2D eigenvalue weighted by Gasteiger charge is 2.44. The molecule has 2 heterocycles. The van der Waals surface area contributed by atoms with Crippen LogP contribution in [0.3, 0.4) is 0 Å². The second-order valence-corrected chi connectivity index (χ2v) is 7.45. The van der Waals surface area contributed by atoms with Gasteiger partial charge in [-0.15, -0.1) is 0 Å². The predicted octanol–water partition coefficient (Wildman–Crippen LogP) is 3.44. The molecule has 1 aromatic heterocycles. The van der Waals surface area contributed by atoms with Gasteiger partial charge in [0.1, 0.15) is 0 Å². The van der Waals surface area contributed by atoms with E-state index in [0.717, 1.165) is 11.3 Å². The number of piperidine rings is 1. The van der Waals surface area contributed by atoms with Gasteiger partial charge in [0, 0.05) is 19.3 Å². The number of para-hydroxylation sites is 1. The van der Waals surface area contributed by atoms with E-state index in [9.17, 15) is 14.7 Å². The van der Waals surface area contributed by atoms with Gasteiger partial charge < -0.3 is 10.0 Å². The normalized spacial score (nSPS) is 15.8. The fourth-order valence-electron chi connectivity index (χ4n) is 4.03. The summed E-state index contributed by atoms with van der Waals surface area (Å²) in [7, 11) is 0. The minimum atomic E-state index is -0.943. The molecule has 0 atom stereocenters. The average molecular weight is 389 g/mol. The standard InChI is InChI=1S/C23H23N3O3/c1-17-20(16-26(24-17)19-10-6-3-7-11-19)21(27)25-14-12-23(13-15-25,22(28)29)18-8-4-2-5-9-18/h2-11,16H,12-15H2,1H3,(H,28,29). The van der Waals surface area contributed by atoms with Crippen molar-refractivity contribution in [2.45, 2.75) is 25.2 Å². The van der Waals surface area contributed by atoms with Crippen LogP contribution in [-0.4, -0.2) is 44.8 Å². The van der Waals surface area contributed by atoms with E-state index in [1.807, 2.05) is 67.6 Å². The zero-order chi connectivity index (χ0) is 20.4. The Morgan fingerprint density at radius 2 is 1.55 bits per heavy atom. The summed E-state index contributed by atoms with van der Waals surface area (Å²) in [6.07, 6.45) is 2.54. The van der Waals surface area contributed by atoms with E-state index >= 15 is 0 Å². The number of hydrogen-bond acceptors (Lipinski definition) is 3. The number of benzene rings is 2. The van der Waals surface area contributed by atoms with Crippen LogP contribution in [0.4, 0.5) is 0 Å². The molecule has 6 nitrogen and oxygen atoms in total. The van der Waals surface area contributed by atoms with Gasteiger partial charge in [0.25, 0.3) is 5.91 Å². The fourth-order valence-corrected chi connectivity index (χ4v) is 4.03. The number of nitrogens with zero attached hydrogens (tertiary/aromatic N) is 3. The molecule has 1 fully saturated rings. The molecule has 1 saturated heterocycles. The summed E-state index contributed by atoms with van der Waals surface area (Å²) in [4.78, 5) is 27.0. The molecule has 4 rings (SSSR count). The van der Waals surface area contributed by atoms with Crippen LogP contribution in [0.5, 0.6) is 0 Å². The van der Waals surface area contributed by atoms with Crippen molar-refractivity contribution in [3.05, 3.63) is 83.7 Å². The first-order chi connectivity index (χ1) is 14.0. The van der Waals surface area contributed by atoms with E-state index in [1.165, 1.54) is 0 Å². The quantitative estimate of drug-likeness (QED) is 0.742. The number of hydrogen-bond donors (Lipinski definition) is 1. The van der Waals surface area contributed by atoms with Gasteiger partial charge >= 0.3 is 5.97 Å². The number of aliphatic carboxylic acids is 1. The molecule has 6 heteroatoms. The average Bonchev–Trinajstić information content (AvgIpc) is 3.16. The van der Waals surface area contributed by atoms with E-state index in [4.69, 9.17) is 0 Å². The molecule has 29 heavy (non-hydrogen) atoms. The van der Waals surface area contributed by atoms with Crippen LogP contribution in [-0.2, 0) is 10.2 Å². The van der Waals surface area contributed by atoms with E-state index in [0.29, 0.717) is 37.2 Å². The molecular weight excluding hydrogens is 366 g/mol. The largest absolute Gasteiger partial charge is 0.481 e. The molecule has 0 bridgehead atoms. The summed E-state index contributed by atoms with van der Waals surface area (Å²) in [6.45, 7) is 2.62. The van der Waals surface area contributed by atoms with Gasteiger partial charge in [-0.3, -0.25) is 9.59 Å². The monoisotopic (exact) mass is 389 g/mol. The molecule has 0 spiro atoms. The van der Waals surface area contributed by atoms with Gasteiger partial charge in [-0.25, -0.2) is 4.68 Å². The summed E-state index contributed by atoms with van der Waals surface area (Å²) < 4.78 is 1.71. The first-order valence-corrected chi connectivity index (χ1v) is 9.71. The third-order valence-electron chi connectivity index (χ3n) is 5.79. The van der Waals surface area contributed by atoms with Crippen molar-refractivity contribution < 1.29 is 14.7 Å². The van der Waals surface area contributed by atoms with Gasteiger partial charge in [0.15, 0.2) is 0 Å². The van der Waals surface area contributed by atoms with Crippen molar-refractivity contribution in [2.24, 2.45) is 0 Å². The van der Waals surface area contributed by atoms with Gasteiger partial charge in [-0.1, -0.05) is 48.5 Å². The number of likely N-dealkylation sites (tertiary alicyclic amines) is 1. The molecule has 2 aromatic carbocycles. The minimum absolute atomic E-state index is 0.100. The van der Waals surface area contributed by atoms with Crippen LogP contribution in [0.15, 0.2) is 66.9 Å². The summed E-state index contributed by atoms with van der Waals surface area (Å²) >= 11 is 0. The number of aryl methyl sites for hydroxylation is 1. The lowest BCUT2D eigenvalue weighted by atomic mass is 9.73. The van der Waals surface area contributed by atoms with Crippen molar-refractivity contribution in [3.63, 3.8) is 0 Å². The van der Waals surface area contributed by atoms with Gasteiger partial charge in [0.2, 0.25) is 0 Å². The number of carboxylic acid groups (broad SMARTS) is 1. The fraction of sp³-hybridized carbons (Fsp3) is 0.261. The second kappa shape index (κ2) is 7.54. The summed E-state index contributed by atoms with van der Waals surface area (Å²) in [5.41, 5.74) is 1.96. The van der Waals surface area contributed by atoms with Crippen LogP contribution >= 0.6 is 0 Å². The number of carbonyl (C=O) groups excluding carboxylic acids is 1. The van der Waals surface area contributed by atoms with Crippen LogP contribution in [0.2, 0.25) is 0 Å². The third-order valence-corrected chi connectivity index (χ3v) is 5.79. The molecule has 0 saturated carbocycles. The summed E-state index contributed by atoms with van der Waals surface area (Å²) in [6, 6.07) is 19.0. The van der Waals surface area contributed by atoms with E-state index in [-0.39, 0.29) is 5.91 Å². The summed E-state index contributed by atoms with van der Waals surface area (Å²) in [5, 5.41) is 14.4. The van der Waals surface area contributed by atoms with E-state index in [2.05, 4.69) is 5.10 Å². The predicted molar refractivity (Wildman–Crippen MR) is 109 cm³/mol. The smallest absolute Gasteiger partial charge is 0.314 e. The maximum Gasteiger partial charge on any atom is 0.314 e. The lowest BCUT2D eigenvalue weighted by molar-refractivity contribution is -0.145. The maximum absolute atomic E-state index is 13.1. The molecule has 1 aliphatic rings. The Balaban J connectivity index is 1.54. The highest BCUT2D eigenvalue weighted by molar-refractivity contribution is 5.95. The first-order valence-electron chi connectivity index (χ1n) is 9.71. The Hall–Kier alpha value is -3.41. The molecule has 0 aliphatic carbocycles. The van der Waals surface area contributed by atoms with Crippen molar-refractivity contribution in [3.8, 4) is 5.69 Å². The Labute approximate surface area is 169 Å². The van der Waals surface area contributed by atoms with Gasteiger partial charge in [-0.05, 0) is 37.5 Å². The number of carbonyl (C=O) groups is 2. The van der Waals surface area contributed by atoms with E-state index in [1.54, 1.807) is 15.8 Å². The van der Waals surface area contributed by atoms with Gasteiger partial charge in [-0.2, -0.15) is 5.10 Å². The Bertz CT molecular complexity index is 1020. The minimum Gasteiger partial charge on any atom is -0.481 e. The zero-order valence-corrected chi connectivity index (χ0v) is 16.3. The summed E-state index contributed by atoms with van der Waals surface area (Å²) in [5.74, 6) is -0.930. The molecular formula is C23H23N3O3. The van der Waals surface area contributed by atoms with E-state index < -0.39 is 11.4 Å². The van der Waals surface area contributed by atoms with Crippen LogP contribution in [0.25, 0.3) is 5.69 Å². The van der Waals surface area contributed by atoms with Crippen molar-refractivity contribution in [2.75, 3.05) is 13.1 Å². The van der Waals surface area contributed by atoms with Crippen molar-refractivity contribution in [1.82, 2.24) is 14.7 Å². The topological polar surface area (TPSA) is 75.4 Å². The first kappa shape index (κ1) is 18.9. The lowest BCUT2D eigenvalue weighted by Gasteiger charge is -2.39. The Morgan fingerprint density at radius 1 is 0.966 bits per heavy atom. The molecule has 1 N–H and O–H groups in total. The Morgan fingerprint density at radius 3 is 2.14 bits per heavy atom. The number of carboxylic acids is 1. The molecule has 0 radical (unpaired) electrons. The molecule has 148 valence electrons.